The van der Waals surface area contributed by atoms with Gasteiger partial charge in [-0.25, -0.2) is 9.37 Å². The van der Waals surface area contributed by atoms with Crippen molar-refractivity contribution in [2.75, 3.05) is 5.73 Å². The Balaban J connectivity index is 2.13. The standard InChI is InChI=1S/C15H13ClFN3/c1-9(10-2-4-11(16)5-3-10)20-14-7-6-12(17)8-13(14)19-15(20)18/h2-9H,1H3,(H2,18,19). The van der Waals surface area contributed by atoms with Crippen molar-refractivity contribution in [2.45, 2.75) is 13.0 Å². The second kappa shape index (κ2) is 4.80. The predicted octanol–water partition coefficient (Wildman–Crippen LogP) is 4.02. The van der Waals surface area contributed by atoms with E-state index in [0.29, 0.717) is 16.5 Å². The molecule has 3 rings (SSSR count). The molecule has 0 amide bonds. The summed E-state index contributed by atoms with van der Waals surface area (Å²) < 4.78 is 15.1. The molecule has 20 heavy (non-hydrogen) atoms. The first-order valence-electron chi connectivity index (χ1n) is 6.24. The number of nitrogen functional groups attached to an aromatic ring is 1. The van der Waals surface area contributed by atoms with Crippen LogP contribution in [0, 0.1) is 5.82 Å². The van der Waals surface area contributed by atoms with Gasteiger partial charge < -0.3 is 10.3 Å². The summed E-state index contributed by atoms with van der Waals surface area (Å²) in [4.78, 5) is 4.21. The molecule has 5 heteroatoms. The van der Waals surface area contributed by atoms with Gasteiger partial charge in [-0.2, -0.15) is 0 Å². The van der Waals surface area contributed by atoms with Crippen LogP contribution >= 0.6 is 11.6 Å². The maximum atomic E-state index is 13.2. The summed E-state index contributed by atoms with van der Waals surface area (Å²) in [6.07, 6.45) is 0. The minimum absolute atomic E-state index is 0.0114. The molecule has 102 valence electrons. The number of nitrogens with two attached hydrogens (primary N) is 1. The van der Waals surface area contributed by atoms with Crippen molar-refractivity contribution in [1.29, 1.82) is 0 Å². The van der Waals surface area contributed by atoms with Gasteiger partial charge in [0.2, 0.25) is 5.95 Å². The number of anilines is 1. The average Bonchev–Trinajstić information content (AvgIpc) is 2.73. The van der Waals surface area contributed by atoms with Gasteiger partial charge in [0.05, 0.1) is 17.1 Å². The SMILES string of the molecule is CC(c1ccc(Cl)cc1)n1c(N)nc2cc(F)ccc21. The highest BCUT2D eigenvalue weighted by Gasteiger charge is 2.15. The van der Waals surface area contributed by atoms with Gasteiger partial charge in [0.1, 0.15) is 5.82 Å². The number of halogens is 2. The summed E-state index contributed by atoms with van der Waals surface area (Å²) in [5, 5.41) is 0.687. The van der Waals surface area contributed by atoms with E-state index in [1.807, 2.05) is 35.8 Å². The molecule has 0 saturated carbocycles. The summed E-state index contributed by atoms with van der Waals surface area (Å²) in [5.74, 6) is 0.0503. The Morgan fingerprint density at radius 2 is 1.90 bits per heavy atom. The zero-order chi connectivity index (χ0) is 14.3. The molecule has 2 aromatic carbocycles. The number of aromatic nitrogens is 2. The Labute approximate surface area is 120 Å². The smallest absolute Gasteiger partial charge is 0.201 e. The third kappa shape index (κ3) is 2.12. The molecule has 0 radical (unpaired) electrons. The topological polar surface area (TPSA) is 43.8 Å². The fourth-order valence-electron chi connectivity index (χ4n) is 2.39. The molecule has 0 aliphatic heterocycles. The number of nitrogens with zero attached hydrogens (tertiary/aromatic N) is 2. The van der Waals surface area contributed by atoms with Crippen LogP contribution in [-0.4, -0.2) is 9.55 Å². The monoisotopic (exact) mass is 289 g/mol. The van der Waals surface area contributed by atoms with E-state index in [9.17, 15) is 4.39 Å². The van der Waals surface area contributed by atoms with Crippen molar-refractivity contribution >= 4 is 28.6 Å². The van der Waals surface area contributed by atoms with Crippen LogP contribution in [0.15, 0.2) is 42.5 Å². The number of rotatable bonds is 2. The highest BCUT2D eigenvalue weighted by atomic mass is 35.5. The molecule has 1 heterocycles. The summed E-state index contributed by atoms with van der Waals surface area (Å²) >= 11 is 5.90. The van der Waals surface area contributed by atoms with Gasteiger partial charge in [-0.3, -0.25) is 0 Å². The molecular weight excluding hydrogens is 277 g/mol. The van der Waals surface area contributed by atoms with Crippen LogP contribution in [-0.2, 0) is 0 Å². The zero-order valence-electron chi connectivity index (χ0n) is 10.8. The van der Waals surface area contributed by atoms with E-state index >= 15 is 0 Å². The first-order chi connectivity index (χ1) is 9.56. The van der Waals surface area contributed by atoms with Gasteiger partial charge in [0, 0.05) is 11.1 Å². The number of benzene rings is 2. The molecule has 1 unspecified atom stereocenters. The molecular formula is C15H13ClFN3. The fraction of sp³-hybridized carbons (Fsp3) is 0.133. The third-order valence-electron chi connectivity index (χ3n) is 3.42. The van der Waals surface area contributed by atoms with Gasteiger partial charge >= 0.3 is 0 Å². The molecule has 0 aliphatic rings. The maximum Gasteiger partial charge on any atom is 0.201 e. The molecule has 2 N–H and O–H groups in total. The van der Waals surface area contributed by atoms with E-state index in [1.165, 1.54) is 12.1 Å². The molecule has 1 atom stereocenters. The maximum absolute atomic E-state index is 13.2. The highest BCUT2D eigenvalue weighted by Crippen LogP contribution is 2.28. The van der Waals surface area contributed by atoms with E-state index < -0.39 is 0 Å². The number of imidazole rings is 1. The molecule has 0 fully saturated rings. The predicted molar refractivity (Wildman–Crippen MR) is 79.4 cm³/mol. The van der Waals surface area contributed by atoms with Crippen LogP contribution in [0.5, 0.6) is 0 Å². The molecule has 0 spiro atoms. The number of hydrogen-bond acceptors (Lipinski definition) is 2. The lowest BCUT2D eigenvalue weighted by atomic mass is 10.1. The third-order valence-corrected chi connectivity index (χ3v) is 3.67. The Morgan fingerprint density at radius 1 is 1.20 bits per heavy atom. The minimum atomic E-state index is -0.318. The Kier molecular flexibility index (Phi) is 3.10. The first-order valence-corrected chi connectivity index (χ1v) is 6.62. The summed E-state index contributed by atoms with van der Waals surface area (Å²) in [5.41, 5.74) is 8.40. The van der Waals surface area contributed by atoms with Crippen LogP contribution in [0.1, 0.15) is 18.5 Å². The van der Waals surface area contributed by atoms with Gasteiger partial charge in [0.25, 0.3) is 0 Å². The molecule has 0 saturated heterocycles. The second-order valence-corrected chi connectivity index (χ2v) is 5.14. The highest BCUT2D eigenvalue weighted by molar-refractivity contribution is 6.30. The van der Waals surface area contributed by atoms with Crippen LogP contribution in [0.4, 0.5) is 10.3 Å². The zero-order valence-corrected chi connectivity index (χ0v) is 11.6. The van der Waals surface area contributed by atoms with Crippen LogP contribution < -0.4 is 5.73 Å². The Hall–Kier alpha value is -2.07. The first kappa shape index (κ1) is 12.9. The van der Waals surface area contributed by atoms with Gasteiger partial charge in [-0.1, -0.05) is 23.7 Å². The second-order valence-electron chi connectivity index (χ2n) is 4.70. The minimum Gasteiger partial charge on any atom is -0.369 e. The normalized spacial score (nSPS) is 12.8. The van der Waals surface area contributed by atoms with E-state index in [4.69, 9.17) is 17.3 Å². The van der Waals surface area contributed by atoms with Gasteiger partial charge in [-0.05, 0) is 36.8 Å². The van der Waals surface area contributed by atoms with Crippen molar-refractivity contribution in [3.8, 4) is 0 Å². The molecule has 3 aromatic rings. The lowest BCUT2D eigenvalue weighted by Gasteiger charge is -2.16. The average molecular weight is 290 g/mol. The van der Waals surface area contributed by atoms with E-state index in [1.54, 1.807) is 6.07 Å². The van der Waals surface area contributed by atoms with Crippen molar-refractivity contribution in [1.82, 2.24) is 9.55 Å². The van der Waals surface area contributed by atoms with Crippen LogP contribution in [0.3, 0.4) is 0 Å². The lowest BCUT2D eigenvalue weighted by Crippen LogP contribution is -2.10. The van der Waals surface area contributed by atoms with E-state index in [2.05, 4.69) is 4.98 Å². The molecule has 0 aliphatic carbocycles. The number of hydrogen-bond donors (Lipinski definition) is 1. The Morgan fingerprint density at radius 3 is 2.60 bits per heavy atom. The summed E-state index contributed by atoms with van der Waals surface area (Å²) in [6, 6.07) is 12.0. The quantitative estimate of drug-likeness (QED) is 0.774. The van der Waals surface area contributed by atoms with E-state index in [-0.39, 0.29) is 11.9 Å². The molecule has 3 nitrogen and oxygen atoms in total. The van der Waals surface area contributed by atoms with Crippen molar-refractivity contribution in [3.05, 3.63) is 58.9 Å². The molecule has 1 aromatic heterocycles. The van der Waals surface area contributed by atoms with Gasteiger partial charge in [-0.15, -0.1) is 0 Å². The van der Waals surface area contributed by atoms with Gasteiger partial charge in [0.15, 0.2) is 0 Å². The summed E-state index contributed by atoms with van der Waals surface area (Å²) in [7, 11) is 0. The van der Waals surface area contributed by atoms with Crippen molar-refractivity contribution in [2.24, 2.45) is 0 Å². The summed E-state index contributed by atoms with van der Waals surface area (Å²) in [6.45, 7) is 2.02. The lowest BCUT2D eigenvalue weighted by molar-refractivity contribution is 0.628. The molecule has 0 bridgehead atoms. The number of fused-ring (bicyclic) bond motifs is 1. The Bertz CT molecular complexity index is 765. The largest absolute Gasteiger partial charge is 0.369 e. The van der Waals surface area contributed by atoms with Crippen molar-refractivity contribution in [3.63, 3.8) is 0 Å². The van der Waals surface area contributed by atoms with Crippen molar-refractivity contribution < 1.29 is 4.39 Å². The fourth-order valence-corrected chi connectivity index (χ4v) is 2.51. The van der Waals surface area contributed by atoms with E-state index in [0.717, 1.165) is 11.1 Å². The van der Waals surface area contributed by atoms with Crippen LogP contribution in [0.2, 0.25) is 5.02 Å². The van der Waals surface area contributed by atoms with Crippen LogP contribution in [0.25, 0.3) is 11.0 Å².